The number of nitrogens with one attached hydrogen (secondary N) is 1. The van der Waals surface area contributed by atoms with Gasteiger partial charge in [-0.15, -0.1) is 11.8 Å². The molecule has 7 heteroatoms. The lowest BCUT2D eigenvalue weighted by Crippen LogP contribution is -2.15. The fraction of sp³-hybridized carbons (Fsp3) is 0.286. The van der Waals surface area contributed by atoms with Crippen LogP contribution in [0.2, 0.25) is 0 Å². The lowest BCUT2D eigenvalue weighted by atomic mass is 10.1. The van der Waals surface area contributed by atoms with E-state index < -0.39 is 5.97 Å². The first-order valence-electron chi connectivity index (χ1n) is 8.87. The molecule has 2 rings (SSSR count). The van der Waals surface area contributed by atoms with E-state index in [1.807, 2.05) is 24.3 Å². The monoisotopic (exact) mass is 401 g/mol. The zero-order valence-electron chi connectivity index (χ0n) is 15.9. The van der Waals surface area contributed by atoms with E-state index in [0.717, 1.165) is 10.6 Å². The Labute approximate surface area is 168 Å². The number of benzene rings is 2. The second-order valence-corrected chi connectivity index (χ2v) is 7.01. The van der Waals surface area contributed by atoms with Gasteiger partial charge in [0.25, 0.3) is 0 Å². The van der Waals surface area contributed by atoms with Crippen LogP contribution < -0.4 is 10.1 Å². The van der Waals surface area contributed by atoms with Crippen LogP contribution in [0.4, 0.5) is 5.69 Å². The van der Waals surface area contributed by atoms with Gasteiger partial charge in [0.2, 0.25) is 5.91 Å². The number of anilines is 1. The van der Waals surface area contributed by atoms with Crippen LogP contribution in [0.25, 0.3) is 0 Å². The van der Waals surface area contributed by atoms with Crippen LogP contribution in [-0.4, -0.2) is 37.1 Å². The van der Waals surface area contributed by atoms with E-state index in [1.165, 1.54) is 11.8 Å². The molecule has 0 saturated heterocycles. The molecule has 0 spiro atoms. The van der Waals surface area contributed by atoms with Crippen molar-refractivity contribution < 1.29 is 23.9 Å². The zero-order chi connectivity index (χ0) is 20.4. The lowest BCUT2D eigenvalue weighted by molar-refractivity contribution is -0.142. The van der Waals surface area contributed by atoms with Gasteiger partial charge in [0.1, 0.15) is 5.75 Å². The molecule has 0 unspecified atom stereocenters. The molecule has 2 aromatic rings. The summed E-state index contributed by atoms with van der Waals surface area (Å²) in [5.41, 5.74) is 1.05. The molecule has 28 heavy (non-hydrogen) atoms. The number of amides is 1. The molecule has 0 aliphatic heterocycles. The zero-order valence-corrected chi connectivity index (χ0v) is 16.7. The Morgan fingerprint density at radius 2 is 1.68 bits per heavy atom. The minimum absolute atomic E-state index is 0.0967. The van der Waals surface area contributed by atoms with Gasteiger partial charge in [0.05, 0.1) is 13.5 Å². The smallest absolute Gasteiger partial charge is 0.307 e. The number of carbonyl (C=O) groups excluding carboxylic acids is 3. The summed E-state index contributed by atoms with van der Waals surface area (Å²) in [6, 6.07) is 14.1. The number of thioether (sulfide) groups is 1. The first-order valence-corrected chi connectivity index (χ1v) is 9.86. The molecule has 1 amide bonds. The van der Waals surface area contributed by atoms with E-state index in [0.29, 0.717) is 23.4 Å². The third-order valence-electron chi connectivity index (χ3n) is 3.81. The van der Waals surface area contributed by atoms with Gasteiger partial charge in [-0.05, 0) is 48.5 Å². The minimum Gasteiger partial charge on any atom is -0.497 e. The fourth-order valence-electron chi connectivity index (χ4n) is 2.21. The molecule has 6 nitrogen and oxygen atoms in total. The number of hydrogen-bond acceptors (Lipinski definition) is 6. The number of Topliss-reactive ketones (excluding diaryl/α,β-unsaturated/α-hetero) is 1. The van der Waals surface area contributed by atoms with Crippen LogP contribution in [0.5, 0.6) is 5.75 Å². The maximum atomic E-state index is 12.1. The third kappa shape index (κ3) is 7.08. The number of hydrogen-bond donors (Lipinski definition) is 1. The van der Waals surface area contributed by atoms with Crippen molar-refractivity contribution in [3.63, 3.8) is 0 Å². The maximum Gasteiger partial charge on any atom is 0.307 e. The molecule has 0 aliphatic carbocycles. The first-order chi connectivity index (χ1) is 13.5. The summed E-state index contributed by atoms with van der Waals surface area (Å²) in [5.74, 6) is 0.542. The molecule has 0 radical (unpaired) electrons. The second-order valence-electron chi connectivity index (χ2n) is 5.84. The van der Waals surface area contributed by atoms with Crippen molar-refractivity contribution >= 4 is 35.1 Å². The van der Waals surface area contributed by atoms with Crippen LogP contribution in [0.15, 0.2) is 53.4 Å². The highest BCUT2D eigenvalue weighted by molar-refractivity contribution is 7.99. The molecule has 0 saturated carbocycles. The van der Waals surface area contributed by atoms with Crippen LogP contribution in [0, 0.1) is 0 Å². The van der Waals surface area contributed by atoms with Crippen LogP contribution in [-0.2, 0) is 14.3 Å². The Kier molecular flexibility index (Phi) is 8.55. The molecule has 0 atom stereocenters. The van der Waals surface area contributed by atoms with Crippen molar-refractivity contribution in [3.8, 4) is 5.75 Å². The predicted molar refractivity (Wildman–Crippen MR) is 109 cm³/mol. The first kappa shape index (κ1) is 21.5. The summed E-state index contributed by atoms with van der Waals surface area (Å²) >= 11 is 1.53. The van der Waals surface area contributed by atoms with Gasteiger partial charge in [-0.2, -0.15) is 0 Å². The largest absolute Gasteiger partial charge is 0.497 e. The van der Waals surface area contributed by atoms with Crippen molar-refractivity contribution in [1.82, 2.24) is 0 Å². The molecule has 1 N–H and O–H groups in total. The minimum atomic E-state index is -0.416. The number of methoxy groups -OCH3 is 1. The molecule has 0 bridgehead atoms. The van der Waals surface area contributed by atoms with Crippen molar-refractivity contribution in [1.29, 1.82) is 0 Å². The Balaban J connectivity index is 1.71. The summed E-state index contributed by atoms with van der Waals surface area (Å²) in [5, 5.41) is 2.71. The highest BCUT2D eigenvalue weighted by Gasteiger charge is 2.10. The van der Waals surface area contributed by atoms with Crippen molar-refractivity contribution in [2.75, 3.05) is 24.8 Å². The summed E-state index contributed by atoms with van der Waals surface area (Å²) < 4.78 is 10.2. The second kappa shape index (κ2) is 11.1. The van der Waals surface area contributed by atoms with Crippen molar-refractivity contribution in [3.05, 3.63) is 54.1 Å². The van der Waals surface area contributed by atoms with E-state index in [-0.39, 0.29) is 24.7 Å². The Morgan fingerprint density at radius 1 is 1.00 bits per heavy atom. The van der Waals surface area contributed by atoms with Crippen LogP contribution >= 0.6 is 11.8 Å². The van der Waals surface area contributed by atoms with Crippen molar-refractivity contribution in [2.24, 2.45) is 0 Å². The van der Waals surface area contributed by atoms with E-state index in [2.05, 4.69) is 5.32 Å². The predicted octanol–water partition coefficient (Wildman–Crippen LogP) is 3.95. The Hall–Kier alpha value is -2.80. The van der Waals surface area contributed by atoms with Gasteiger partial charge in [-0.3, -0.25) is 14.4 Å². The topological polar surface area (TPSA) is 81.7 Å². The molecule has 0 aromatic heterocycles. The summed E-state index contributed by atoms with van der Waals surface area (Å²) in [6.07, 6.45) is 0.597. The van der Waals surface area contributed by atoms with Gasteiger partial charge >= 0.3 is 5.97 Å². The average Bonchev–Trinajstić information content (AvgIpc) is 2.73. The molecule has 0 fully saturated rings. The van der Waals surface area contributed by atoms with Gasteiger partial charge < -0.3 is 14.8 Å². The normalized spacial score (nSPS) is 10.2. The number of ketones is 1. The maximum absolute atomic E-state index is 12.1. The standard InChI is InChI=1S/C21H23NO5S/c1-3-20(24)22-16-6-4-15(5-7-16)19(23)14-27-21(25)12-13-28-18-10-8-17(26-2)9-11-18/h4-11H,3,12-14H2,1-2H3,(H,22,24). The van der Waals surface area contributed by atoms with Crippen LogP contribution in [0.3, 0.4) is 0 Å². The number of esters is 1. The van der Waals surface area contributed by atoms with Gasteiger partial charge in [0, 0.05) is 28.3 Å². The van der Waals surface area contributed by atoms with E-state index in [4.69, 9.17) is 9.47 Å². The number of carbonyl (C=O) groups is 3. The fourth-order valence-corrected chi connectivity index (χ4v) is 3.05. The lowest BCUT2D eigenvalue weighted by Gasteiger charge is -2.07. The average molecular weight is 401 g/mol. The van der Waals surface area contributed by atoms with Gasteiger partial charge in [-0.25, -0.2) is 0 Å². The summed E-state index contributed by atoms with van der Waals surface area (Å²) in [6.45, 7) is 1.46. The highest BCUT2D eigenvalue weighted by atomic mass is 32.2. The van der Waals surface area contributed by atoms with Gasteiger partial charge in [-0.1, -0.05) is 6.92 Å². The molecular formula is C21H23NO5S. The molecule has 0 heterocycles. The quantitative estimate of drug-likeness (QED) is 0.369. The molecular weight excluding hydrogens is 378 g/mol. The van der Waals surface area contributed by atoms with Crippen LogP contribution in [0.1, 0.15) is 30.1 Å². The van der Waals surface area contributed by atoms with E-state index in [9.17, 15) is 14.4 Å². The summed E-state index contributed by atoms with van der Waals surface area (Å²) in [4.78, 5) is 36.3. The van der Waals surface area contributed by atoms with E-state index in [1.54, 1.807) is 38.3 Å². The SMILES string of the molecule is CCC(=O)Nc1ccc(C(=O)COC(=O)CCSc2ccc(OC)cc2)cc1. The Morgan fingerprint density at radius 3 is 2.29 bits per heavy atom. The molecule has 0 aliphatic rings. The van der Waals surface area contributed by atoms with E-state index >= 15 is 0 Å². The number of ether oxygens (including phenoxy) is 2. The molecule has 2 aromatic carbocycles. The van der Waals surface area contributed by atoms with Gasteiger partial charge in [0.15, 0.2) is 12.4 Å². The third-order valence-corrected chi connectivity index (χ3v) is 4.82. The summed E-state index contributed by atoms with van der Waals surface area (Å²) in [7, 11) is 1.61. The molecule has 148 valence electrons. The number of rotatable bonds is 10. The Bertz CT molecular complexity index is 803. The van der Waals surface area contributed by atoms with Crippen molar-refractivity contribution in [2.45, 2.75) is 24.7 Å². The highest BCUT2D eigenvalue weighted by Crippen LogP contribution is 2.22.